The number of esters is 1. The average molecular weight is 229 g/mol. The highest BCUT2D eigenvalue weighted by Crippen LogP contribution is 2.18. The molecule has 0 spiro atoms. The monoisotopic (exact) mass is 229 g/mol. The number of aromatic nitrogens is 2. The minimum absolute atomic E-state index is 0.0360. The van der Waals surface area contributed by atoms with Gasteiger partial charge in [0.05, 0.1) is 19.0 Å². The zero-order valence-corrected chi connectivity index (χ0v) is 9.25. The number of rotatable bonds is 2. The molecule has 1 aromatic heterocycles. The summed E-state index contributed by atoms with van der Waals surface area (Å²) in [4.78, 5) is 19.5. The maximum atomic E-state index is 11.4. The van der Waals surface area contributed by atoms with Gasteiger partial charge in [-0.3, -0.25) is 0 Å². The molecule has 5 nitrogen and oxygen atoms in total. The average Bonchev–Trinajstić information content (AvgIpc) is 2.39. The van der Waals surface area contributed by atoms with Crippen molar-refractivity contribution in [1.29, 1.82) is 0 Å². The largest absolute Gasteiger partial charge is 0.464 e. The van der Waals surface area contributed by atoms with Crippen LogP contribution in [0.15, 0.2) is 36.5 Å². The summed E-state index contributed by atoms with van der Waals surface area (Å²) in [6.07, 6.45) is 1.52. The summed E-state index contributed by atoms with van der Waals surface area (Å²) in [7, 11) is 1.28. The molecule has 0 aliphatic carbocycles. The Morgan fingerprint density at radius 3 is 2.65 bits per heavy atom. The van der Waals surface area contributed by atoms with Crippen LogP contribution >= 0.6 is 0 Å². The number of carbonyl (C=O) groups is 1. The van der Waals surface area contributed by atoms with Crippen molar-refractivity contribution in [3.63, 3.8) is 0 Å². The third kappa shape index (κ3) is 2.23. The molecule has 2 aromatic rings. The zero-order chi connectivity index (χ0) is 12.3. The van der Waals surface area contributed by atoms with Crippen LogP contribution < -0.4 is 5.73 Å². The lowest BCUT2D eigenvalue weighted by Crippen LogP contribution is -2.10. The van der Waals surface area contributed by atoms with Gasteiger partial charge in [0, 0.05) is 5.56 Å². The smallest absolute Gasteiger partial charge is 0.360 e. The number of carbonyl (C=O) groups excluding carboxylic acids is 1. The molecule has 2 rings (SSSR count). The number of benzene rings is 1. The molecule has 2 N–H and O–H groups in total. The van der Waals surface area contributed by atoms with Gasteiger partial charge in [-0.2, -0.15) is 0 Å². The van der Waals surface area contributed by atoms with Crippen LogP contribution in [-0.2, 0) is 4.74 Å². The number of nitrogens with zero attached hydrogens (tertiary/aromatic N) is 2. The Morgan fingerprint density at radius 1 is 1.29 bits per heavy atom. The molecule has 86 valence electrons. The van der Waals surface area contributed by atoms with Crippen LogP contribution in [0.4, 0.5) is 5.82 Å². The minimum Gasteiger partial charge on any atom is -0.464 e. The maximum Gasteiger partial charge on any atom is 0.360 e. The van der Waals surface area contributed by atoms with Gasteiger partial charge in [-0.05, 0) is 0 Å². The van der Waals surface area contributed by atoms with Crippen molar-refractivity contribution in [3.05, 3.63) is 42.2 Å². The highest BCUT2D eigenvalue weighted by atomic mass is 16.5. The van der Waals surface area contributed by atoms with Crippen LogP contribution in [0.3, 0.4) is 0 Å². The van der Waals surface area contributed by atoms with Crippen LogP contribution in [0.5, 0.6) is 0 Å². The molecule has 0 radical (unpaired) electrons. The number of hydrogen-bond donors (Lipinski definition) is 1. The molecule has 0 aliphatic heterocycles. The summed E-state index contributed by atoms with van der Waals surface area (Å²) in [6.45, 7) is 0. The van der Waals surface area contributed by atoms with Crippen molar-refractivity contribution in [3.8, 4) is 11.3 Å². The molecule has 0 atom stereocenters. The SMILES string of the molecule is COC(=O)c1nc(-c2ccccc2)cnc1N. The number of ether oxygens (including phenoxy) is 1. The normalized spacial score (nSPS) is 9.94. The standard InChI is InChI=1S/C12H11N3O2/c1-17-12(16)10-11(13)14-7-9(15-10)8-5-3-2-4-6-8/h2-7H,1H3,(H2,13,14). The van der Waals surface area contributed by atoms with Gasteiger partial charge in [-0.15, -0.1) is 0 Å². The van der Waals surface area contributed by atoms with Crippen molar-refractivity contribution in [2.45, 2.75) is 0 Å². The highest BCUT2D eigenvalue weighted by molar-refractivity contribution is 5.92. The Morgan fingerprint density at radius 2 is 2.00 bits per heavy atom. The van der Waals surface area contributed by atoms with Crippen molar-refractivity contribution in [1.82, 2.24) is 9.97 Å². The van der Waals surface area contributed by atoms with Gasteiger partial charge in [-0.1, -0.05) is 30.3 Å². The third-order valence-corrected chi connectivity index (χ3v) is 2.25. The van der Waals surface area contributed by atoms with E-state index >= 15 is 0 Å². The molecule has 1 aromatic carbocycles. The lowest BCUT2D eigenvalue weighted by atomic mass is 10.1. The molecule has 0 amide bonds. The topological polar surface area (TPSA) is 78.1 Å². The van der Waals surface area contributed by atoms with Crippen LogP contribution in [0.25, 0.3) is 11.3 Å². The molecule has 0 saturated carbocycles. The Labute approximate surface area is 98.3 Å². The molecular weight excluding hydrogens is 218 g/mol. The first-order chi connectivity index (χ1) is 8.22. The summed E-state index contributed by atoms with van der Waals surface area (Å²) in [5.74, 6) is -0.524. The van der Waals surface area contributed by atoms with Gasteiger partial charge < -0.3 is 10.5 Å². The van der Waals surface area contributed by atoms with Gasteiger partial charge in [-0.25, -0.2) is 14.8 Å². The molecule has 0 unspecified atom stereocenters. The first kappa shape index (κ1) is 11.1. The molecule has 5 heteroatoms. The van der Waals surface area contributed by atoms with E-state index in [0.717, 1.165) is 5.56 Å². The Hall–Kier alpha value is -2.43. The fourth-order valence-corrected chi connectivity index (χ4v) is 1.39. The van der Waals surface area contributed by atoms with Crippen LogP contribution in [0.2, 0.25) is 0 Å². The maximum absolute atomic E-state index is 11.4. The molecule has 0 aliphatic rings. The van der Waals surface area contributed by atoms with Gasteiger partial charge in [0.1, 0.15) is 0 Å². The second kappa shape index (κ2) is 4.61. The zero-order valence-electron chi connectivity index (χ0n) is 9.25. The van der Waals surface area contributed by atoms with E-state index in [9.17, 15) is 4.79 Å². The van der Waals surface area contributed by atoms with Crippen LogP contribution in [0, 0.1) is 0 Å². The predicted molar refractivity (Wildman–Crippen MR) is 63.2 cm³/mol. The van der Waals surface area contributed by atoms with E-state index < -0.39 is 5.97 Å². The van der Waals surface area contributed by atoms with E-state index in [0.29, 0.717) is 5.69 Å². The van der Waals surface area contributed by atoms with E-state index in [1.165, 1.54) is 13.3 Å². The predicted octanol–water partition coefficient (Wildman–Crippen LogP) is 1.51. The summed E-state index contributed by atoms with van der Waals surface area (Å²) in [5, 5.41) is 0. The molecule has 17 heavy (non-hydrogen) atoms. The van der Waals surface area contributed by atoms with Crippen molar-refractivity contribution < 1.29 is 9.53 Å². The minimum atomic E-state index is -0.590. The first-order valence-electron chi connectivity index (χ1n) is 4.98. The summed E-state index contributed by atoms with van der Waals surface area (Å²) in [5.41, 5.74) is 7.05. The second-order valence-electron chi connectivity index (χ2n) is 3.35. The van der Waals surface area contributed by atoms with Gasteiger partial charge in [0.25, 0.3) is 0 Å². The van der Waals surface area contributed by atoms with E-state index in [4.69, 9.17) is 5.73 Å². The quantitative estimate of drug-likeness (QED) is 0.790. The van der Waals surface area contributed by atoms with Crippen LogP contribution in [0.1, 0.15) is 10.5 Å². The van der Waals surface area contributed by atoms with E-state index in [2.05, 4.69) is 14.7 Å². The number of nitrogens with two attached hydrogens (primary N) is 1. The summed E-state index contributed by atoms with van der Waals surface area (Å²) >= 11 is 0. The highest BCUT2D eigenvalue weighted by Gasteiger charge is 2.14. The van der Waals surface area contributed by atoms with Crippen LogP contribution in [-0.4, -0.2) is 23.0 Å². The van der Waals surface area contributed by atoms with E-state index in [-0.39, 0.29) is 11.5 Å². The third-order valence-electron chi connectivity index (χ3n) is 2.25. The molecule has 0 fully saturated rings. The Kier molecular flexibility index (Phi) is 3.00. The lowest BCUT2D eigenvalue weighted by molar-refractivity contribution is 0.0595. The number of methoxy groups -OCH3 is 1. The van der Waals surface area contributed by atoms with E-state index in [1.807, 2.05) is 30.3 Å². The van der Waals surface area contributed by atoms with Crippen molar-refractivity contribution >= 4 is 11.8 Å². The molecular formula is C12H11N3O2. The number of nitrogen functional groups attached to an aromatic ring is 1. The molecule has 1 heterocycles. The fourth-order valence-electron chi connectivity index (χ4n) is 1.39. The first-order valence-corrected chi connectivity index (χ1v) is 4.98. The van der Waals surface area contributed by atoms with Crippen molar-refractivity contribution in [2.24, 2.45) is 0 Å². The Balaban J connectivity index is 2.48. The summed E-state index contributed by atoms with van der Waals surface area (Å²) < 4.78 is 4.59. The lowest BCUT2D eigenvalue weighted by Gasteiger charge is -2.05. The second-order valence-corrected chi connectivity index (χ2v) is 3.35. The number of anilines is 1. The van der Waals surface area contributed by atoms with E-state index in [1.54, 1.807) is 0 Å². The Bertz CT molecular complexity index is 541. The van der Waals surface area contributed by atoms with Gasteiger partial charge in [0.2, 0.25) is 0 Å². The molecule has 0 bridgehead atoms. The summed E-state index contributed by atoms with van der Waals surface area (Å²) in [6, 6.07) is 9.41. The van der Waals surface area contributed by atoms with Gasteiger partial charge in [0.15, 0.2) is 11.5 Å². The number of hydrogen-bond acceptors (Lipinski definition) is 5. The van der Waals surface area contributed by atoms with Gasteiger partial charge >= 0.3 is 5.97 Å². The fraction of sp³-hybridized carbons (Fsp3) is 0.0833. The van der Waals surface area contributed by atoms with Crippen molar-refractivity contribution in [2.75, 3.05) is 12.8 Å². The molecule has 0 saturated heterocycles.